The zero-order chi connectivity index (χ0) is 13.9. The molecular weight excluding hydrogens is 266 g/mol. The van der Waals surface area contributed by atoms with Crippen LogP contribution in [0.3, 0.4) is 0 Å². The second-order valence-corrected chi connectivity index (χ2v) is 5.63. The maximum Gasteiger partial charge on any atom is 0.120 e. The van der Waals surface area contributed by atoms with Crippen LogP contribution < -0.4 is 10.6 Å². The molecule has 0 aliphatic rings. The summed E-state index contributed by atoms with van der Waals surface area (Å²) in [6.45, 7) is 1.46. The third-order valence-corrected chi connectivity index (χ3v) is 4.38. The van der Waals surface area contributed by atoms with Gasteiger partial charge in [0, 0.05) is 25.5 Å². The summed E-state index contributed by atoms with van der Waals surface area (Å²) in [4.78, 5) is 2.25. The Balaban J connectivity index is 1.83. The van der Waals surface area contributed by atoms with E-state index in [1.807, 2.05) is 6.07 Å². The van der Waals surface area contributed by atoms with Crippen LogP contribution in [0, 0.1) is 0 Å². The molecule has 2 N–H and O–H groups in total. The van der Waals surface area contributed by atoms with Crippen molar-refractivity contribution in [2.24, 2.45) is 5.73 Å². The lowest BCUT2D eigenvalue weighted by Crippen LogP contribution is -2.15. The molecule has 2 aromatic carbocycles. The van der Waals surface area contributed by atoms with E-state index >= 15 is 0 Å². The molecular formula is C16H17N3S. The van der Waals surface area contributed by atoms with Crippen molar-refractivity contribution in [2.75, 3.05) is 11.9 Å². The highest BCUT2D eigenvalue weighted by Crippen LogP contribution is 2.31. The van der Waals surface area contributed by atoms with Gasteiger partial charge in [0.05, 0.1) is 5.52 Å². The highest BCUT2D eigenvalue weighted by molar-refractivity contribution is 7.11. The highest BCUT2D eigenvalue weighted by Gasteiger charge is 2.10. The largest absolute Gasteiger partial charge is 0.360 e. The summed E-state index contributed by atoms with van der Waals surface area (Å²) < 4.78 is 4.49. The minimum atomic E-state index is 0.593. The first-order valence-corrected chi connectivity index (χ1v) is 7.38. The fraction of sp³-hybridized carbons (Fsp3) is 0.188. The van der Waals surface area contributed by atoms with Gasteiger partial charge < -0.3 is 10.6 Å². The molecule has 1 heterocycles. The molecule has 0 radical (unpaired) electrons. The van der Waals surface area contributed by atoms with E-state index in [4.69, 9.17) is 5.73 Å². The third-order valence-electron chi connectivity index (χ3n) is 3.39. The zero-order valence-corrected chi connectivity index (χ0v) is 12.2. The van der Waals surface area contributed by atoms with Crippen molar-refractivity contribution in [1.29, 1.82) is 0 Å². The number of benzene rings is 2. The van der Waals surface area contributed by atoms with Crippen LogP contribution in [0.5, 0.6) is 0 Å². The normalized spacial score (nSPS) is 10.9. The summed E-state index contributed by atoms with van der Waals surface area (Å²) in [6.07, 6.45) is 0. The number of fused-ring (bicyclic) bond motifs is 1. The molecule has 3 rings (SSSR count). The second-order valence-electron chi connectivity index (χ2n) is 4.88. The van der Waals surface area contributed by atoms with Gasteiger partial charge in [0.1, 0.15) is 5.00 Å². The van der Waals surface area contributed by atoms with E-state index in [0.29, 0.717) is 6.54 Å². The van der Waals surface area contributed by atoms with Gasteiger partial charge in [-0.15, -0.1) is 0 Å². The predicted octanol–water partition coefficient (Wildman–Crippen LogP) is 3.39. The Hall–Kier alpha value is -1.91. The van der Waals surface area contributed by atoms with Crippen molar-refractivity contribution in [3.8, 4) is 0 Å². The molecule has 0 bridgehead atoms. The number of anilines is 1. The molecule has 0 atom stereocenters. The van der Waals surface area contributed by atoms with Gasteiger partial charge in [0.15, 0.2) is 0 Å². The third kappa shape index (κ3) is 2.53. The van der Waals surface area contributed by atoms with Gasteiger partial charge in [0.2, 0.25) is 0 Å². The van der Waals surface area contributed by atoms with Crippen LogP contribution in [-0.4, -0.2) is 11.4 Å². The van der Waals surface area contributed by atoms with Gasteiger partial charge in [-0.1, -0.05) is 36.4 Å². The Labute approximate surface area is 122 Å². The van der Waals surface area contributed by atoms with Gasteiger partial charge in [-0.25, -0.2) is 0 Å². The fourth-order valence-electron chi connectivity index (χ4n) is 2.28. The quantitative estimate of drug-likeness (QED) is 0.798. The summed E-state index contributed by atoms with van der Waals surface area (Å²) >= 11 is 1.55. The Morgan fingerprint density at radius 3 is 2.50 bits per heavy atom. The second kappa shape index (κ2) is 5.61. The number of rotatable bonds is 4. The molecule has 1 aromatic heterocycles. The lowest BCUT2D eigenvalue weighted by molar-refractivity contribution is 0.935. The molecule has 0 spiro atoms. The maximum atomic E-state index is 5.62. The molecule has 20 heavy (non-hydrogen) atoms. The number of hydrogen-bond acceptors (Lipinski definition) is 4. The lowest BCUT2D eigenvalue weighted by Gasteiger charge is -2.17. The van der Waals surface area contributed by atoms with E-state index in [2.05, 4.69) is 58.8 Å². The van der Waals surface area contributed by atoms with Crippen LogP contribution in [0.4, 0.5) is 5.00 Å². The molecule has 3 nitrogen and oxygen atoms in total. The molecule has 0 amide bonds. The van der Waals surface area contributed by atoms with Gasteiger partial charge in [-0.05, 0) is 34.8 Å². The van der Waals surface area contributed by atoms with Crippen LogP contribution in [-0.2, 0) is 13.1 Å². The first-order chi connectivity index (χ1) is 9.78. The standard InChI is InChI=1S/C16H17N3S/c1-19(11-13-8-6-12(10-17)7-9-13)16-14-4-2-3-5-15(14)18-20-16/h2-9H,10-11,17H2,1H3. The van der Waals surface area contributed by atoms with Gasteiger partial charge in [0.25, 0.3) is 0 Å². The van der Waals surface area contributed by atoms with E-state index in [0.717, 1.165) is 12.1 Å². The average molecular weight is 283 g/mol. The Kier molecular flexibility index (Phi) is 3.67. The summed E-state index contributed by atoms with van der Waals surface area (Å²) in [7, 11) is 2.11. The highest BCUT2D eigenvalue weighted by atomic mass is 32.1. The first kappa shape index (κ1) is 13.1. The van der Waals surface area contributed by atoms with Crippen molar-refractivity contribution < 1.29 is 0 Å². The van der Waals surface area contributed by atoms with Crippen LogP contribution in [0.1, 0.15) is 11.1 Å². The molecule has 0 saturated carbocycles. The number of hydrogen-bond donors (Lipinski definition) is 1. The monoisotopic (exact) mass is 283 g/mol. The molecule has 3 aromatic rings. The fourth-order valence-corrected chi connectivity index (χ4v) is 3.10. The van der Waals surface area contributed by atoms with E-state index in [1.54, 1.807) is 11.5 Å². The molecule has 0 aliphatic heterocycles. The van der Waals surface area contributed by atoms with E-state index < -0.39 is 0 Å². The molecule has 0 saturated heterocycles. The van der Waals surface area contributed by atoms with Crippen molar-refractivity contribution in [3.05, 3.63) is 59.7 Å². The maximum absolute atomic E-state index is 5.62. The van der Waals surface area contributed by atoms with Crippen LogP contribution in [0.2, 0.25) is 0 Å². The van der Waals surface area contributed by atoms with Crippen LogP contribution in [0.15, 0.2) is 48.5 Å². The molecule has 0 aliphatic carbocycles. The van der Waals surface area contributed by atoms with E-state index in [-0.39, 0.29) is 0 Å². The minimum Gasteiger partial charge on any atom is -0.360 e. The van der Waals surface area contributed by atoms with Gasteiger partial charge in [-0.3, -0.25) is 0 Å². The average Bonchev–Trinajstić information content (AvgIpc) is 2.92. The smallest absolute Gasteiger partial charge is 0.120 e. The number of nitrogens with two attached hydrogens (primary N) is 1. The summed E-state index contributed by atoms with van der Waals surface area (Å²) in [5.74, 6) is 0. The van der Waals surface area contributed by atoms with E-state index in [1.165, 1.54) is 21.5 Å². The summed E-state index contributed by atoms with van der Waals surface area (Å²) in [5, 5.41) is 2.43. The Morgan fingerprint density at radius 2 is 1.75 bits per heavy atom. The molecule has 4 heteroatoms. The van der Waals surface area contributed by atoms with E-state index in [9.17, 15) is 0 Å². The van der Waals surface area contributed by atoms with Crippen LogP contribution in [0.25, 0.3) is 10.9 Å². The van der Waals surface area contributed by atoms with Crippen LogP contribution >= 0.6 is 11.5 Å². The topological polar surface area (TPSA) is 42.1 Å². The minimum absolute atomic E-state index is 0.593. The molecule has 102 valence electrons. The van der Waals surface area contributed by atoms with Crippen molar-refractivity contribution >= 4 is 27.4 Å². The summed E-state index contributed by atoms with van der Waals surface area (Å²) in [5.41, 5.74) is 9.14. The van der Waals surface area contributed by atoms with Gasteiger partial charge >= 0.3 is 0 Å². The number of nitrogens with zero attached hydrogens (tertiary/aromatic N) is 2. The Bertz CT molecular complexity index is 703. The van der Waals surface area contributed by atoms with Crippen molar-refractivity contribution in [1.82, 2.24) is 4.37 Å². The van der Waals surface area contributed by atoms with Gasteiger partial charge in [-0.2, -0.15) is 4.37 Å². The lowest BCUT2D eigenvalue weighted by atomic mass is 10.1. The van der Waals surface area contributed by atoms with Crippen molar-refractivity contribution in [3.63, 3.8) is 0 Å². The Morgan fingerprint density at radius 1 is 1.05 bits per heavy atom. The SMILES string of the molecule is CN(Cc1ccc(CN)cc1)c1snc2ccccc12. The number of aromatic nitrogens is 1. The summed E-state index contributed by atoms with van der Waals surface area (Å²) in [6, 6.07) is 16.7. The first-order valence-electron chi connectivity index (χ1n) is 6.61. The van der Waals surface area contributed by atoms with Crippen molar-refractivity contribution in [2.45, 2.75) is 13.1 Å². The molecule has 0 unspecified atom stereocenters. The molecule has 0 fully saturated rings. The predicted molar refractivity (Wildman–Crippen MR) is 86.1 cm³/mol. The zero-order valence-electron chi connectivity index (χ0n) is 11.4.